The molecule has 16 heavy (non-hydrogen) atoms. The highest BCUT2D eigenvalue weighted by atomic mass is 32.2. The van der Waals surface area contributed by atoms with Crippen molar-refractivity contribution in [1.29, 1.82) is 0 Å². The van der Waals surface area contributed by atoms with Crippen LogP contribution in [0.4, 0.5) is 18.9 Å². The molecule has 0 spiro atoms. The van der Waals surface area contributed by atoms with Crippen molar-refractivity contribution in [2.24, 2.45) is 0 Å². The highest BCUT2D eigenvalue weighted by Gasteiger charge is 2.34. The Kier molecular flexibility index (Phi) is 3.47. The van der Waals surface area contributed by atoms with E-state index in [-0.39, 0.29) is 5.69 Å². The number of benzene rings is 1. The van der Waals surface area contributed by atoms with Gasteiger partial charge in [0.25, 0.3) is 0 Å². The van der Waals surface area contributed by atoms with Crippen LogP contribution in [0.15, 0.2) is 30.3 Å². The second-order valence-corrected chi connectivity index (χ2v) is 5.13. The summed E-state index contributed by atoms with van der Waals surface area (Å²) in [6, 6.07) is 7.17. The maximum atomic E-state index is 12.2. The highest BCUT2D eigenvalue weighted by Crippen LogP contribution is 2.23. The van der Waals surface area contributed by atoms with E-state index < -0.39 is 22.7 Å². The van der Waals surface area contributed by atoms with Gasteiger partial charge in [-0.1, -0.05) is 18.2 Å². The molecule has 0 amide bonds. The topological polar surface area (TPSA) is 37.4 Å². The van der Waals surface area contributed by atoms with Crippen LogP contribution in [0.1, 0.15) is 0 Å². The minimum Gasteiger partial charge on any atom is -0.261 e. The van der Waals surface area contributed by atoms with Gasteiger partial charge in [0.15, 0.2) is 0 Å². The van der Waals surface area contributed by atoms with Gasteiger partial charge in [-0.05, 0) is 12.1 Å². The van der Waals surface area contributed by atoms with Gasteiger partial charge in [0, 0.05) is 0 Å². The van der Waals surface area contributed by atoms with Crippen molar-refractivity contribution in [3.8, 4) is 0 Å². The second kappa shape index (κ2) is 4.32. The zero-order valence-electron chi connectivity index (χ0n) is 8.40. The maximum Gasteiger partial charge on any atom is 0.407 e. The summed E-state index contributed by atoms with van der Waals surface area (Å²) >= 11 is 0. The molecule has 0 aliphatic carbocycles. The predicted octanol–water partition coefficient (Wildman–Crippen LogP) is 2.01. The zero-order chi connectivity index (χ0) is 12.4. The van der Waals surface area contributed by atoms with E-state index in [1.807, 2.05) is 0 Å². The highest BCUT2D eigenvalue weighted by molar-refractivity contribution is 7.92. The van der Waals surface area contributed by atoms with E-state index in [1.54, 1.807) is 6.07 Å². The number of hydrogen-bond acceptors (Lipinski definition) is 2. The average molecular weight is 253 g/mol. The summed E-state index contributed by atoms with van der Waals surface area (Å²) in [7, 11) is -3.94. The van der Waals surface area contributed by atoms with Gasteiger partial charge in [-0.25, -0.2) is 8.42 Å². The Morgan fingerprint density at radius 3 is 2.06 bits per heavy atom. The van der Waals surface area contributed by atoms with E-state index in [1.165, 1.54) is 24.3 Å². The molecule has 0 aromatic heterocycles. The number of anilines is 1. The second-order valence-electron chi connectivity index (χ2n) is 3.22. The van der Waals surface area contributed by atoms with E-state index in [2.05, 4.69) is 0 Å². The van der Waals surface area contributed by atoms with Crippen LogP contribution in [0.25, 0.3) is 0 Å². The summed E-state index contributed by atoms with van der Waals surface area (Å²) in [5, 5.41) is 0. The molecule has 0 heterocycles. The van der Waals surface area contributed by atoms with Crippen molar-refractivity contribution in [2.75, 3.05) is 17.1 Å². The molecule has 0 unspecified atom stereocenters. The molecule has 1 aromatic carbocycles. The molecule has 3 nitrogen and oxygen atoms in total. The minimum absolute atomic E-state index is 0.00215. The molecule has 0 bridgehead atoms. The van der Waals surface area contributed by atoms with Gasteiger partial charge >= 0.3 is 6.18 Å². The predicted molar refractivity (Wildman–Crippen MR) is 54.7 cm³/mol. The quantitative estimate of drug-likeness (QED) is 0.826. The summed E-state index contributed by atoms with van der Waals surface area (Å²) in [5.74, 6) is 0. The Bertz CT molecular complexity index is 442. The summed E-state index contributed by atoms with van der Waals surface area (Å²) < 4.78 is 59.4. The van der Waals surface area contributed by atoms with Crippen LogP contribution < -0.4 is 4.31 Å². The number of sulfonamides is 1. The Hall–Kier alpha value is -1.24. The number of hydrogen-bond donors (Lipinski definition) is 0. The first-order chi connectivity index (χ1) is 7.20. The first kappa shape index (κ1) is 12.8. The molecule has 1 rings (SSSR count). The van der Waals surface area contributed by atoms with Crippen molar-refractivity contribution in [3.05, 3.63) is 30.3 Å². The van der Waals surface area contributed by atoms with E-state index in [9.17, 15) is 21.6 Å². The van der Waals surface area contributed by atoms with Gasteiger partial charge in [0.1, 0.15) is 6.54 Å². The van der Waals surface area contributed by atoms with E-state index in [0.717, 1.165) is 6.26 Å². The summed E-state index contributed by atoms with van der Waals surface area (Å²) in [4.78, 5) is 0. The molecule has 0 N–H and O–H groups in total. The number of halogens is 3. The van der Waals surface area contributed by atoms with Crippen LogP contribution in [-0.2, 0) is 10.0 Å². The van der Waals surface area contributed by atoms with Gasteiger partial charge in [-0.3, -0.25) is 4.31 Å². The summed E-state index contributed by atoms with van der Waals surface area (Å²) in [6.45, 7) is -1.52. The maximum absolute atomic E-state index is 12.2. The van der Waals surface area contributed by atoms with Crippen LogP contribution >= 0.6 is 0 Å². The molecule has 90 valence electrons. The van der Waals surface area contributed by atoms with Crippen LogP contribution in [0, 0.1) is 0 Å². The Labute approximate surface area is 91.5 Å². The fourth-order valence-corrected chi connectivity index (χ4v) is 2.04. The molecule has 7 heteroatoms. The van der Waals surface area contributed by atoms with Crippen molar-refractivity contribution >= 4 is 15.7 Å². The number of alkyl halides is 3. The normalized spacial score (nSPS) is 12.5. The van der Waals surface area contributed by atoms with E-state index >= 15 is 0 Å². The largest absolute Gasteiger partial charge is 0.407 e. The van der Waals surface area contributed by atoms with Crippen LogP contribution in [0.2, 0.25) is 0 Å². The number of nitrogens with zero attached hydrogens (tertiary/aromatic N) is 1. The molecular formula is C9H10F3NO2S. The third-order valence-corrected chi connectivity index (χ3v) is 2.91. The lowest BCUT2D eigenvalue weighted by Crippen LogP contribution is -2.38. The zero-order valence-corrected chi connectivity index (χ0v) is 9.22. The smallest absolute Gasteiger partial charge is 0.261 e. The average Bonchev–Trinajstić information content (AvgIpc) is 2.13. The van der Waals surface area contributed by atoms with Gasteiger partial charge in [0.2, 0.25) is 10.0 Å². The standard InChI is InChI=1S/C9H10F3NO2S/c1-16(14,15)13(7-9(10,11)12)8-5-3-2-4-6-8/h2-6H,7H2,1H3. The van der Waals surface area contributed by atoms with Crippen LogP contribution in [0.3, 0.4) is 0 Å². The Morgan fingerprint density at radius 1 is 1.19 bits per heavy atom. The Morgan fingerprint density at radius 2 is 1.69 bits per heavy atom. The SMILES string of the molecule is CS(=O)(=O)N(CC(F)(F)F)c1ccccc1. The van der Waals surface area contributed by atoms with Crippen LogP contribution in [0.5, 0.6) is 0 Å². The lowest BCUT2D eigenvalue weighted by Gasteiger charge is -2.23. The van der Waals surface area contributed by atoms with Gasteiger partial charge in [-0.2, -0.15) is 13.2 Å². The van der Waals surface area contributed by atoms with Crippen molar-refractivity contribution in [2.45, 2.75) is 6.18 Å². The molecule has 0 radical (unpaired) electrons. The number of rotatable bonds is 3. The fraction of sp³-hybridized carbons (Fsp3) is 0.333. The van der Waals surface area contributed by atoms with Crippen molar-refractivity contribution < 1.29 is 21.6 Å². The van der Waals surface area contributed by atoms with E-state index in [4.69, 9.17) is 0 Å². The minimum atomic E-state index is -4.57. The summed E-state index contributed by atoms with van der Waals surface area (Å²) in [5.41, 5.74) is 0.00215. The third kappa shape index (κ3) is 3.73. The molecule has 1 aromatic rings. The summed E-state index contributed by atoms with van der Waals surface area (Å²) in [6.07, 6.45) is -3.83. The van der Waals surface area contributed by atoms with Gasteiger partial charge in [-0.15, -0.1) is 0 Å². The van der Waals surface area contributed by atoms with Crippen molar-refractivity contribution in [3.63, 3.8) is 0 Å². The molecule has 0 saturated carbocycles. The lowest BCUT2D eigenvalue weighted by atomic mass is 10.3. The first-order valence-electron chi connectivity index (χ1n) is 4.30. The molecule has 0 fully saturated rings. The first-order valence-corrected chi connectivity index (χ1v) is 6.14. The monoisotopic (exact) mass is 253 g/mol. The third-order valence-electron chi connectivity index (χ3n) is 1.77. The molecule has 0 atom stereocenters. The number of para-hydroxylation sites is 1. The fourth-order valence-electron chi connectivity index (χ4n) is 1.16. The van der Waals surface area contributed by atoms with Crippen LogP contribution in [-0.4, -0.2) is 27.4 Å². The molecule has 0 aliphatic heterocycles. The Balaban J connectivity index is 3.09. The van der Waals surface area contributed by atoms with E-state index in [0.29, 0.717) is 4.31 Å². The van der Waals surface area contributed by atoms with Crippen molar-refractivity contribution in [1.82, 2.24) is 0 Å². The molecule has 0 saturated heterocycles. The van der Waals surface area contributed by atoms with Gasteiger partial charge < -0.3 is 0 Å². The van der Waals surface area contributed by atoms with Gasteiger partial charge in [0.05, 0.1) is 11.9 Å². The molecular weight excluding hydrogens is 243 g/mol. The lowest BCUT2D eigenvalue weighted by molar-refractivity contribution is -0.117. The molecule has 0 aliphatic rings.